The van der Waals surface area contributed by atoms with Crippen LogP contribution < -0.4 is 15.1 Å². The summed E-state index contributed by atoms with van der Waals surface area (Å²) in [4.78, 5) is 23.8. The molecule has 1 aromatic carbocycles. The molecule has 9 heteroatoms. The molecule has 0 unspecified atom stereocenters. The molecule has 0 saturated carbocycles. The topological polar surface area (TPSA) is 61.4 Å². The number of amides is 1. The molecular formula is C20H22F3N5O. The Morgan fingerprint density at radius 3 is 2.48 bits per heavy atom. The Morgan fingerprint density at radius 2 is 1.79 bits per heavy atom. The Morgan fingerprint density at radius 1 is 1.07 bits per heavy atom. The van der Waals surface area contributed by atoms with Gasteiger partial charge in [-0.2, -0.15) is 18.2 Å². The van der Waals surface area contributed by atoms with Crippen LogP contribution in [0.5, 0.6) is 0 Å². The van der Waals surface area contributed by atoms with Gasteiger partial charge in [0.25, 0.3) is 0 Å². The number of alkyl halides is 3. The van der Waals surface area contributed by atoms with Crippen molar-refractivity contribution in [2.45, 2.75) is 31.5 Å². The van der Waals surface area contributed by atoms with Gasteiger partial charge in [-0.15, -0.1) is 0 Å². The summed E-state index contributed by atoms with van der Waals surface area (Å²) < 4.78 is 40.3. The third-order valence-corrected chi connectivity index (χ3v) is 5.17. The fraction of sp³-hybridized carbons (Fsp3) is 0.450. The number of hydrogen-bond acceptors (Lipinski definition) is 5. The van der Waals surface area contributed by atoms with E-state index in [0.29, 0.717) is 26.1 Å². The minimum Gasteiger partial charge on any atom is -0.350 e. The van der Waals surface area contributed by atoms with E-state index in [4.69, 9.17) is 0 Å². The normalized spacial score (nSPS) is 20.1. The highest BCUT2D eigenvalue weighted by atomic mass is 19.4. The molecule has 29 heavy (non-hydrogen) atoms. The van der Waals surface area contributed by atoms with Gasteiger partial charge in [0.05, 0.1) is 12.6 Å². The third kappa shape index (κ3) is 4.60. The van der Waals surface area contributed by atoms with Crippen LogP contribution in [0.2, 0.25) is 0 Å². The highest BCUT2D eigenvalue weighted by Crippen LogP contribution is 2.32. The predicted molar refractivity (Wildman–Crippen MR) is 103 cm³/mol. The van der Waals surface area contributed by atoms with E-state index in [1.807, 2.05) is 30.3 Å². The van der Waals surface area contributed by atoms with Gasteiger partial charge in [-0.25, -0.2) is 4.98 Å². The fourth-order valence-corrected chi connectivity index (χ4v) is 3.80. The van der Waals surface area contributed by atoms with E-state index in [1.54, 1.807) is 9.80 Å². The van der Waals surface area contributed by atoms with E-state index in [1.165, 1.54) is 0 Å². The monoisotopic (exact) mass is 405 g/mol. The zero-order chi connectivity index (χ0) is 20.4. The molecule has 3 heterocycles. The summed E-state index contributed by atoms with van der Waals surface area (Å²) in [5.74, 6) is -0.00729. The summed E-state index contributed by atoms with van der Waals surface area (Å²) in [5.41, 5.74) is 0.0751. The second kappa shape index (κ2) is 7.88. The molecule has 2 aromatic rings. The molecule has 1 N–H and O–H groups in total. The minimum absolute atomic E-state index is 0.0287. The molecule has 2 saturated heterocycles. The van der Waals surface area contributed by atoms with Crippen molar-refractivity contribution < 1.29 is 18.0 Å². The number of benzene rings is 1. The standard InChI is InChI=1S/C20H22F3N5O/c21-20(22,23)16-11-17(26-19(25-16)27-8-4-5-9-27)28-12-15(24-18(29)13-28)10-14-6-2-1-3-7-14/h1-3,6-7,11,15H,4-5,8-10,12-13H2,(H,24,29)/t15-/m0/s1. The van der Waals surface area contributed by atoms with Gasteiger partial charge in [0.2, 0.25) is 11.9 Å². The van der Waals surface area contributed by atoms with E-state index in [0.717, 1.165) is 24.5 Å². The van der Waals surface area contributed by atoms with Gasteiger partial charge >= 0.3 is 6.18 Å². The Labute approximate surface area is 166 Å². The van der Waals surface area contributed by atoms with Crippen LogP contribution in [0.15, 0.2) is 36.4 Å². The van der Waals surface area contributed by atoms with Crippen molar-refractivity contribution in [1.82, 2.24) is 15.3 Å². The number of aromatic nitrogens is 2. The van der Waals surface area contributed by atoms with Crippen LogP contribution in [-0.4, -0.2) is 48.1 Å². The number of hydrogen-bond donors (Lipinski definition) is 1. The van der Waals surface area contributed by atoms with Crippen molar-refractivity contribution in [3.63, 3.8) is 0 Å². The largest absolute Gasteiger partial charge is 0.433 e. The van der Waals surface area contributed by atoms with Gasteiger partial charge < -0.3 is 15.1 Å². The summed E-state index contributed by atoms with van der Waals surface area (Å²) in [6.07, 6.45) is -2.17. The van der Waals surface area contributed by atoms with Crippen LogP contribution in [0, 0.1) is 0 Å². The van der Waals surface area contributed by atoms with E-state index in [-0.39, 0.29) is 30.3 Å². The summed E-state index contributed by atoms with van der Waals surface area (Å²) in [5, 5.41) is 2.92. The number of piperazine rings is 1. The molecule has 1 amide bonds. The lowest BCUT2D eigenvalue weighted by Crippen LogP contribution is -2.55. The van der Waals surface area contributed by atoms with Crippen LogP contribution in [0.3, 0.4) is 0 Å². The maximum absolute atomic E-state index is 13.4. The number of nitrogens with one attached hydrogen (secondary N) is 1. The van der Waals surface area contributed by atoms with Crippen LogP contribution in [-0.2, 0) is 17.4 Å². The lowest BCUT2D eigenvalue weighted by Gasteiger charge is -2.34. The highest BCUT2D eigenvalue weighted by molar-refractivity contribution is 5.82. The Hall–Kier alpha value is -2.84. The highest BCUT2D eigenvalue weighted by Gasteiger charge is 2.36. The average molecular weight is 405 g/mol. The number of carbonyl (C=O) groups excluding carboxylic acids is 1. The summed E-state index contributed by atoms with van der Waals surface area (Å²) in [6.45, 7) is 1.63. The van der Waals surface area contributed by atoms with Gasteiger partial charge in [-0.1, -0.05) is 30.3 Å². The second-order valence-corrected chi connectivity index (χ2v) is 7.44. The Kier molecular flexibility index (Phi) is 5.29. The number of halogens is 3. The van der Waals surface area contributed by atoms with E-state index < -0.39 is 11.9 Å². The van der Waals surface area contributed by atoms with Crippen molar-refractivity contribution in [3.8, 4) is 0 Å². The van der Waals surface area contributed by atoms with Crippen LogP contribution >= 0.6 is 0 Å². The molecular weight excluding hydrogens is 383 g/mol. The summed E-state index contributed by atoms with van der Waals surface area (Å²) in [7, 11) is 0. The zero-order valence-electron chi connectivity index (χ0n) is 15.8. The maximum atomic E-state index is 13.4. The van der Waals surface area contributed by atoms with Crippen molar-refractivity contribution in [1.29, 1.82) is 0 Å². The van der Waals surface area contributed by atoms with Crippen LogP contribution in [0.4, 0.5) is 24.9 Å². The molecule has 1 aromatic heterocycles. The van der Waals surface area contributed by atoms with Crippen molar-refractivity contribution >= 4 is 17.7 Å². The average Bonchev–Trinajstić information content (AvgIpc) is 3.22. The van der Waals surface area contributed by atoms with Gasteiger partial charge in [-0.3, -0.25) is 4.79 Å². The first-order valence-corrected chi connectivity index (χ1v) is 9.68. The molecule has 6 nitrogen and oxygen atoms in total. The zero-order valence-corrected chi connectivity index (χ0v) is 15.8. The first kappa shape index (κ1) is 19.5. The Bertz CT molecular complexity index is 868. The van der Waals surface area contributed by atoms with Crippen LogP contribution in [0.25, 0.3) is 0 Å². The van der Waals surface area contributed by atoms with Crippen molar-refractivity contribution in [2.75, 3.05) is 36.0 Å². The van der Waals surface area contributed by atoms with Gasteiger partial charge in [0.15, 0.2) is 5.69 Å². The lowest BCUT2D eigenvalue weighted by molar-refractivity contribution is -0.141. The lowest BCUT2D eigenvalue weighted by atomic mass is 10.0. The Balaban J connectivity index is 1.61. The molecule has 0 bridgehead atoms. The van der Waals surface area contributed by atoms with E-state index in [9.17, 15) is 18.0 Å². The quantitative estimate of drug-likeness (QED) is 0.848. The molecule has 2 aliphatic heterocycles. The first-order valence-electron chi connectivity index (χ1n) is 9.68. The molecule has 0 radical (unpaired) electrons. The second-order valence-electron chi connectivity index (χ2n) is 7.44. The summed E-state index contributed by atoms with van der Waals surface area (Å²) >= 11 is 0. The summed E-state index contributed by atoms with van der Waals surface area (Å²) in [6, 6.07) is 10.4. The molecule has 2 fully saturated rings. The number of rotatable bonds is 4. The number of nitrogens with zero attached hydrogens (tertiary/aromatic N) is 4. The SMILES string of the molecule is O=C1CN(c2cc(C(F)(F)F)nc(N3CCCC3)n2)C[C@H](Cc2ccccc2)N1. The number of carbonyl (C=O) groups is 1. The van der Waals surface area contributed by atoms with Gasteiger partial charge in [0, 0.05) is 25.7 Å². The molecule has 2 aliphatic rings. The molecule has 0 aliphatic carbocycles. The fourth-order valence-electron chi connectivity index (χ4n) is 3.80. The first-order chi connectivity index (χ1) is 13.9. The van der Waals surface area contributed by atoms with Crippen molar-refractivity contribution in [3.05, 3.63) is 47.7 Å². The molecule has 0 spiro atoms. The van der Waals surface area contributed by atoms with Gasteiger partial charge in [0.1, 0.15) is 5.82 Å². The van der Waals surface area contributed by atoms with Gasteiger partial charge in [-0.05, 0) is 24.8 Å². The number of anilines is 2. The molecule has 1 atom stereocenters. The van der Waals surface area contributed by atoms with Crippen molar-refractivity contribution in [2.24, 2.45) is 0 Å². The van der Waals surface area contributed by atoms with E-state index in [2.05, 4.69) is 15.3 Å². The minimum atomic E-state index is -4.58. The molecule has 154 valence electrons. The van der Waals surface area contributed by atoms with Crippen LogP contribution in [0.1, 0.15) is 24.1 Å². The molecule has 4 rings (SSSR count). The smallest absolute Gasteiger partial charge is 0.350 e. The third-order valence-electron chi connectivity index (χ3n) is 5.17. The van der Waals surface area contributed by atoms with E-state index >= 15 is 0 Å². The predicted octanol–water partition coefficient (Wildman–Crippen LogP) is 2.64. The maximum Gasteiger partial charge on any atom is 0.433 e.